The first-order valence-corrected chi connectivity index (χ1v) is 6.42. The van der Waals surface area contributed by atoms with Gasteiger partial charge in [0.15, 0.2) is 0 Å². The number of H-pyrrole nitrogens is 1. The Morgan fingerprint density at radius 3 is 3.17 bits per heavy atom. The van der Waals surface area contributed by atoms with Gasteiger partial charge < -0.3 is 15.6 Å². The van der Waals surface area contributed by atoms with Gasteiger partial charge >= 0.3 is 0 Å². The summed E-state index contributed by atoms with van der Waals surface area (Å²) in [7, 11) is 0. The molecular formula is C14H17N3O. The van der Waals surface area contributed by atoms with Crippen LogP contribution in [0.4, 0.5) is 0 Å². The van der Waals surface area contributed by atoms with E-state index in [-0.39, 0.29) is 5.91 Å². The molecule has 3 N–H and O–H groups in total. The first kappa shape index (κ1) is 11.3. The van der Waals surface area contributed by atoms with E-state index in [0.717, 1.165) is 29.4 Å². The molecule has 1 saturated heterocycles. The van der Waals surface area contributed by atoms with Gasteiger partial charge in [-0.05, 0) is 31.5 Å². The third kappa shape index (κ3) is 2.11. The third-order valence-corrected chi connectivity index (χ3v) is 3.50. The molecule has 4 heteroatoms. The van der Waals surface area contributed by atoms with Crippen molar-refractivity contribution in [3.8, 4) is 0 Å². The zero-order valence-electron chi connectivity index (χ0n) is 10.2. The van der Waals surface area contributed by atoms with Gasteiger partial charge in [-0.25, -0.2) is 0 Å². The van der Waals surface area contributed by atoms with Gasteiger partial charge in [0.2, 0.25) is 0 Å². The van der Waals surface area contributed by atoms with Crippen molar-refractivity contribution in [2.75, 3.05) is 13.1 Å². The molecule has 1 unspecified atom stereocenters. The number of hydrogen-bond acceptors (Lipinski definition) is 2. The summed E-state index contributed by atoms with van der Waals surface area (Å²) in [5.74, 6) is -0.00301. The van der Waals surface area contributed by atoms with Crippen molar-refractivity contribution in [3.63, 3.8) is 0 Å². The normalized spacial score (nSPS) is 19.2. The molecular weight excluding hydrogens is 226 g/mol. The van der Waals surface area contributed by atoms with Gasteiger partial charge in [0, 0.05) is 24.2 Å². The molecule has 2 heterocycles. The largest absolute Gasteiger partial charge is 0.361 e. The van der Waals surface area contributed by atoms with Crippen molar-refractivity contribution < 1.29 is 4.79 Å². The van der Waals surface area contributed by atoms with Gasteiger partial charge in [-0.15, -0.1) is 0 Å². The maximum Gasteiger partial charge on any atom is 0.253 e. The molecule has 4 nitrogen and oxygen atoms in total. The molecule has 18 heavy (non-hydrogen) atoms. The van der Waals surface area contributed by atoms with Crippen LogP contribution < -0.4 is 10.6 Å². The minimum atomic E-state index is -0.00301. The molecule has 1 fully saturated rings. The maximum atomic E-state index is 12.2. The predicted molar refractivity (Wildman–Crippen MR) is 71.7 cm³/mol. The van der Waals surface area contributed by atoms with Gasteiger partial charge in [0.05, 0.1) is 11.1 Å². The Balaban J connectivity index is 1.73. The van der Waals surface area contributed by atoms with E-state index in [0.29, 0.717) is 12.6 Å². The highest BCUT2D eigenvalue weighted by molar-refractivity contribution is 6.05. The van der Waals surface area contributed by atoms with Crippen LogP contribution in [0.15, 0.2) is 30.5 Å². The lowest BCUT2D eigenvalue weighted by atomic mass is 10.1. The summed E-state index contributed by atoms with van der Waals surface area (Å²) < 4.78 is 0. The summed E-state index contributed by atoms with van der Waals surface area (Å²) in [6.07, 6.45) is 4.21. The number of carbonyl (C=O) groups excluding carboxylic acids is 1. The van der Waals surface area contributed by atoms with Crippen molar-refractivity contribution in [1.82, 2.24) is 15.6 Å². The van der Waals surface area contributed by atoms with Crippen molar-refractivity contribution in [1.29, 1.82) is 0 Å². The number of nitrogens with one attached hydrogen (secondary N) is 3. The minimum absolute atomic E-state index is 0.00301. The highest BCUT2D eigenvalue weighted by atomic mass is 16.1. The number of rotatable bonds is 3. The molecule has 1 aliphatic rings. The van der Waals surface area contributed by atoms with Crippen LogP contribution in [0.2, 0.25) is 0 Å². The highest BCUT2D eigenvalue weighted by Gasteiger charge is 2.16. The average Bonchev–Trinajstić information content (AvgIpc) is 3.05. The number of aromatic amines is 1. The van der Waals surface area contributed by atoms with E-state index in [1.54, 1.807) is 0 Å². The van der Waals surface area contributed by atoms with Crippen LogP contribution in [0, 0.1) is 0 Å². The predicted octanol–water partition coefficient (Wildman–Crippen LogP) is 1.65. The van der Waals surface area contributed by atoms with E-state index in [1.165, 1.54) is 6.42 Å². The second-order valence-corrected chi connectivity index (χ2v) is 4.75. The number of aromatic nitrogens is 1. The lowest BCUT2D eigenvalue weighted by Gasteiger charge is -2.11. The fraction of sp³-hybridized carbons (Fsp3) is 0.357. The number of benzene rings is 1. The number of fused-ring (bicyclic) bond motifs is 1. The molecule has 2 aromatic rings. The fourth-order valence-corrected chi connectivity index (χ4v) is 2.52. The van der Waals surface area contributed by atoms with Crippen LogP contribution in [0.25, 0.3) is 10.9 Å². The second kappa shape index (κ2) is 4.82. The number of carbonyl (C=O) groups is 1. The Bertz CT molecular complexity index is 555. The molecule has 1 aromatic carbocycles. The Morgan fingerprint density at radius 2 is 2.33 bits per heavy atom. The molecule has 0 aliphatic carbocycles. The first-order valence-electron chi connectivity index (χ1n) is 6.42. The minimum Gasteiger partial charge on any atom is -0.361 e. The summed E-state index contributed by atoms with van der Waals surface area (Å²) in [5.41, 5.74) is 1.63. The van der Waals surface area contributed by atoms with E-state index in [1.807, 2.05) is 30.5 Å². The summed E-state index contributed by atoms with van der Waals surface area (Å²) in [6, 6.07) is 8.18. The maximum absolute atomic E-state index is 12.2. The van der Waals surface area contributed by atoms with Crippen LogP contribution in [0.1, 0.15) is 23.2 Å². The van der Waals surface area contributed by atoms with Crippen LogP contribution in [0.3, 0.4) is 0 Å². The standard InChI is InChI=1S/C14H17N3O/c18-14(17-9-11-4-2-7-15-11)12-5-1-3-10-6-8-16-13(10)12/h1,3,5-6,8,11,15-16H,2,4,7,9H2,(H,17,18). The van der Waals surface area contributed by atoms with Crippen molar-refractivity contribution in [3.05, 3.63) is 36.0 Å². The lowest BCUT2D eigenvalue weighted by molar-refractivity contribution is 0.0952. The summed E-state index contributed by atoms with van der Waals surface area (Å²) >= 11 is 0. The van der Waals surface area contributed by atoms with Crippen LogP contribution in [0.5, 0.6) is 0 Å². The van der Waals surface area contributed by atoms with Gasteiger partial charge in [0.25, 0.3) is 5.91 Å². The van der Waals surface area contributed by atoms with Gasteiger partial charge in [-0.3, -0.25) is 4.79 Å². The quantitative estimate of drug-likeness (QED) is 0.767. The smallest absolute Gasteiger partial charge is 0.253 e. The Morgan fingerprint density at radius 1 is 1.39 bits per heavy atom. The molecule has 1 amide bonds. The van der Waals surface area contributed by atoms with Crippen LogP contribution in [-0.4, -0.2) is 30.0 Å². The zero-order chi connectivity index (χ0) is 12.4. The summed E-state index contributed by atoms with van der Waals surface area (Å²) in [6.45, 7) is 1.77. The molecule has 1 atom stereocenters. The highest BCUT2D eigenvalue weighted by Crippen LogP contribution is 2.16. The van der Waals surface area contributed by atoms with E-state index >= 15 is 0 Å². The zero-order valence-corrected chi connectivity index (χ0v) is 10.2. The van der Waals surface area contributed by atoms with Crippen LogP contribution >= 0.6 is 0 Å². The third-order valence-electron chi connectivity index (χ3n) is 3.50. The SMILES string of the molecule is O=C(NCC1CCCN1)c1cccc2cc[nH]c12. The van der Waals surface area contributed by atoms with Crippen molar-refractivity contribution in [2.45, 2.75) is 18.9 Å². The monoisotopic (exact) mass is 243 g/mol. The average molecular weight is 243 g/mol. The van der Waals surface area contributed by atoms with E-state index in [9.17, 15) is 4.79 Å². The molecule has 0 saturated carbocycles. The van der Waals surface area contributed by atoms with Crippen LogP contribution in [-0.2, 0) is 0 Å². The van der Waals surface area contributed by atoms with E-state index in [4.69, 9.17) is 0 Å². The number of hydrogen-bond donors (Lipinski definition) is 3. The number of para-hydroxylation sites is 1. The van der Waals surface area contributed by atoms with E-state index in [2.05, 4.69) is 15.6 Å². The molecule has 0 bridgehead atoms. The first-order chi connectivity index (χ1) is 8.84. The van der Waals surface area contributed by atoms with Crippen molar-refractivity contribution >= 4 is 16.8 Å². The molecule has 0 radical (unpaired) electrons. The van der Waals surface area contributed by atoms with Gasteiger partial charge in [-0.2, -0.15) is 0 Å². The molecule has 1 aromatic heterocycles. The molecule has 1 aliphatic heterocycles. The Hall–Kier alpha value is -1.81. The van der Waals surface area contributed by atoms with E-state index < -0.39 is 0 Å². The second-order valence-electron chi connectivity index (χ2n) is 4.75. The molecule has 94 valence electrons. The lowest BCUT2D eigenvalue weighted by Crippen LogP contribution is -2.37. The topological polar surface area (TPSA) is 56.9 Å². The Labute approximate surface area is 106 Å². The molecule has 0 spiro atoms. The van der Waals surface area contributed by atoms with Gasteiger partial charge in [0.1, 0.15) is 0 Å². The molecule has 3 rings (SSSR count). The number of amides is 1. The Kier molecular flexibility index (Phi) is 3.02. The summed E-state index contributed by atoms with van der Waals surface area (Å²) in [5, 5.41) is 7.45. The van der Waals surface area contributed by atoms with Gasteiger partial charge in [-0.1, -0.05) is 12.1 Å². The summed E-state index contributed by atoms with van der Waals surface area (Å²) in [4.78, 5) is 15.3. The van der Waals surface area contributed by atoms with Crippen molar-refractivity contribution in [2.24, 2.45) is 0 Å². The fourth-order valence-electron chi connectivity index (χ4n) is 2.52.